The fourth-order valence-electron chi connectivity index (χ4n) is 2.41. The molecule has 0 aliphatic heterocycles. The summed E-state index contributed by atoms with van der Waals surface area (Å²) in [6, 6.07) is 14.7. The smallest absolute Gasteiger partial charge is 0.0954 e. The third-order valence-corrected chi connectivity index (χ3v) is 4.35. The summed E-state index contributed by atoms with van der Waals surface area (Å²) in [5, 5.41) is 15.7. The molecule has 0 amide bonds. The predicted molar refractivity (Wildman–Crippen MR) is 84.2 cm³/mol. The molecule has 0 saturated heterocycles. The molecule has 1 N–H and O–H groups in total. The number of rotatable bonds is 4. The van der Waals surface area contributed by atoms with Gasteiger partial charge in [-0.25, -0.2) is 4.98 Å². The minimum atomic E-state index is -0.373. The van der Waals surface area contributed by atoms with E-state index in [0.29, 0.717) is 12.8 Å². The van der Waals surface area contributed by atoms with Gasteiger partial charge >= 0.3 is 0 Å². The fraction of sp³-hybridized carbons (Fsp3) is 0.235. The van der Waals surface area contributed by atoms with E-state index < -0.39 is 0 Å². The molecule has 3 heteroatoms. The Hall–Kier alpha value is -1.71. The summed E-state index contributed by atoms with van der Waals surface area (Å²) in [5.41, 5.74) is 2.20. The fourth-order valence-corrected chi connectivity index (χ4v) is 3.25. The molecule has 102 valence electrons. The quantitative estimate of drug-likeness (QED) is 0.791. The maximum Gasteiger partial charge on any atom is 0.0954 e. The Labute approximate surface area is 122 Å². The van der Waals surface area contributed by atoms with Crippen LogP contribution >= 0.6 is 11.3 Å². The zero-order valence-electron chi connectivity index (χ0n) is 11.4. The van der Waals surface area contributed by atoms with Crippen molar-refractivity contribution < 1.29 is 5.11 Å². The monoisotopic (exact) mass is 283 g/mol. The van der Waals surface area contributed by atoms with E-state index in [2.05, 4.69) is 35.3 Å². The minimum absolute atomic E-state index is 0.373. The largest absolute Gasteiger partial charge is 0.392 e. The lowest BCUT2D eigenvalue weighted by Gasteiger charge is -2.09. The number of benzene rings is 2. The second kappa shape index (κ2) is 5.73. The standard InChI is InChI=1S/C17H17NOS/c1-12-11-20-17(18-12)10-16(19)9-13-6-7-14-4-2-3-5-15(14)8-13/h2-8,11,16,19H,9-10H2,1H3. The molecule has 0 bridgehead atoms. The molecular weight excluding hydrogens is 266 g/mol. The van der Waals surface area contributed by atoms with E-state index in [4.69, 9.17) is 0 Å². The first-order valence-electron chi connectivity index (χ1n) is 6.77. The van der Waals surface area contributed by atoms with Crippen LogP contribution in [-0.2, 0) is 12.8 Å². The number of thiazole rings is 1. The zero-order chi connectivity index (χ0) is 13.9. The molecule has 0 spiro atoms. The summed E-state index contributed by atoms with van der Waals surface area (Å²) in [7, 11) is 0. The van der Waals surface area contributed by atoms with Crippen molar-refractivity contribution in [3.63, 3.8) is 0 Å². The van der Waals surface area contributed by atoms with Crippen molar-refractivity contribution in [3.8, 4) is 0 Å². The lowest BCUT2D eigenvalue weighted by Crippen LogP contribution is -2.13. The van der Waals surface area contributed by atoms with Crippen LogP contribution in [0.4, 0.5) is 0 Å². The minimum Gasteiger partial charge on any atom is -0.392 e. The van der Waals surface area contributed by atoms with Gasteiger partial charge in [0, 0.05) is 17.5 Å². The zero-order valence-corrected chi connectivity index (χ0v) is 12.2. The molecule has 0 radical (unpaired) electrons. The summed E-state index contributed by atoms with van der Waals surface area (Å²) in [4.78, 5) is 4.40. The molecule has 1 unspecified atom stereocenters. The van der Waals surface area contributed by atoms with E-state index in [9.17, 15) is 5.11 Å². The van der Waals surface area contributed by atoms with Crippen molar-refractivity contribution in [2.45, 2.75) is 25.9 Å². The molecule has 0 aliphatic carbocycles. The maximum absolute atomic E-state index is 10.2. The van der Waals surface area contributed by atoms with E-state index in [1.165, 1.54) is 16.3 Å². The molecular formula is C17H17NOS. The third-order valence-electron chi connectivity index (χ3n) is 3.36. The number of nitrogens with zero attached hydrogens (tertiary/aromatic N) is 1. The van der Waals surface area contributed by atoms with Crippen LogP contribution in [0.2, 0.25) is 0 Å². The van der Waals surface area contributed by atoms with Crippen LogP contribution in [-0.4, -0.2) is 16.2 Å². The highest BCUT2D eigenvalue weighted by Crippen LogP contribution is 2.18. The number of aromatic nitrogens is 1. The predicted octanol–water partition coefficient (Wildman–Crippen LogP) is 3.75. The van der Waals surface area contributed by atoms with Crippen molar-refractivity contribution in [2.24, 2.45) is 0 Å². The van der Waals surface area contributed by atoms with Gasteiger partial charge in [0.1, 0.15) is 0 Å². The lowest BCUT2D eigenvalue weighted by molar-refractivity contribution is 0.175. The molecule has 3 aromatic rings. The van der Waals surface area contributed by atoms with Gasteiger partial charge in [-0.1, -0.05) is 42.5 Å². The van der Waals surface area contributed by atoms with Gasteiger partial charge < -0.3 is 5.11 Å². The molecule has 3 rings (SSSR count). The van der Waals surface area contributed by atoms with Gasteiger partial charge in [-0.2, -0.15) is 0 Å². The van der Waals surface area contributed by atoms with Crippen LogP contribution < -0.4 is 0 Å². The van der Waals surface area contributed by atoms with Crippen LogP contribution in [0, 0.1) is 6.92 Å². The second-order valence-electron chi connectivity index (χ2n) is 5.13. The summed E-state index contributed by atoms with van der Waals surface area (Å²) in [6.07, 6.45) is 0.927. The van der Waals surface area contributed by atoms with Gasteiger partial charge in [0.05, 0.1) is 11.1 Å². The van der Waals surface area contributed by atoms with Crippen molar-refractivity contribution in [1.82, 2.24) is 4.98 Å². The van der Waals surface area contributed by atoms with Crippen LogP contribution in [0.15, 0.2) is 47.8 Å². The lowest BCUT2D eigenvalue weighted by atomic mass is 10.0. The molecule has 0 aliphatic rings. The third kappa shape index (κ3) is 3.06. The summed E-state index contributed by atoms with van der Waals surface area (Å²) in [5.74, 6) is 0. The van der Waals surface area contributed by atoms with Crippen LogP contribution in [0.5, 0.6) is 0 Å². The molecule has 1 heterocycles. The SMILES string of the molecule is Cc1csc(CC(O)Cc2ccc3ccccc3c2)n1. The Bertz CT molecular complexity index is 720. The molecule has 1 aromatic heterocycles. The summed E-state index contributed by atoms with van der Waals surface area (Å²) in [6.45, 7) is 1.98. The van der Waals surface area contributed by atoms with Gasteiger partial charge in [0.2, 0.25) is 0 Å². The number of fused-ring (bicyclic) bond motifs is 1. The van der Waals surface area contributed by atoms with E-state index in [-0.39, 0.29) is 6.10 Å². The van der Waals surface area contributed by atoms with E-state index in [1.54, 1.807) is 11.3 Å². The molecule has 0 fully saturated rings. The van der Waals surface area contributed by atoms with Crippen LogP contribution in [0.1, 0.15) is 16.3 Å². The van der Waals surface area contributed by atoms with E-state index in [1.807, 2.05) is 24.4 Å². The van der Waals surface area contributed by atoms with Crippen molar-refractivity contribution in [3.05, 3.63) is 64.1 Å². The van der Waals surface area contributed by atoms with Crippen molar-refractivity contribution in [2.75, 3.05) is 0 Å². The molecule has 2 aromatic carbocycles. The highest BCUT2D eigenvalue weighted by atomic mass is 32.1. The van der Waals surface area contributed by atoms with Gasteiger partial charge in [0.15, 0.2) is 0 Å². The average Bonchev–Trinajstić information content (AvgIpc) is 2.83. The van der Waals surface area contributed by atoms with Crippen molar-refractivity contribution in [1.29, 1.82) is 0 Å². The number of aryl methyl sites for hydroxylation is 1. The normalized spacial score (nSPS) is 12.7. The first kappa shape index (κ1) is 13.3. The average molecular weight is 283 g/mol. The Kier molecular flexibility index (Phi) is 3.81. The highest BCUT2D eigenvalue weighted by molar-refractivity contribution is 7.09. The van der Waals surface area contributed by atoms with Gasteiger partial charge in [-0.3, -0.25) is 0 Å². The maximum atomic E-state index is 10.2. The topological polar surface area (TPSA) is 33.1 Å². The summed E-state index contributed by atoms with van der Waals surface area (Å²) < 4.78 is 0. The first-order valence-corrected chi connectivity index (χ1v) is 7.65. The molecule has 0 saturated carbocycles. The Morgan fingerprint density at radius 3 is 2.65 bits per heavy atom. The van der Waals surface area contributed by atoms with Gasteiger partial charge in [0.25, 0.3) is 0 Å². The number of hydrogen-bond donors (Lipinski definition) is 1. The molecule has 1 atom stereocenters. The Balaban J connectivity index is 1.72. The van der Waals surface area contributed by atoms with E-state index in [0.717, 1.165) is 10.7 Å². The van der Waals surface area contributed by atoms with Crippen LogP contribution in [0.25, 0.3) is 10.8 Å². The highest BCUT2D eigenvalue weighted by Gasteiger charge is 2.09. The van der Waals surface area contributed by atoms with Crippen molar-refractivity contribution >= 4 is 22.1 Å². The Morgan fingerprint density at radius 2 is 1.90 bits per heavy atom. The van der Waals surface area contributed by atoms with E-state index >= 15 is 0 Å². The second-order valence-corrected chi connectivity index (χ2v) is 6.07. The molecule has 2 nitrogen and oxygen atoms in total. The number of hydrogen-bond acceptors (Lipinski definition) is 3. The Morgan fingerprint density at radius 1 is 1.10 bits per heavy atom. The van der Waals surface area contributed by atoms with Gasteiger partial charge in [-0.05, 0) is 29.7 Å². The van der Waals surface area contributed by atoms with Gasteiger partial charge in [-0.15, -0.1) is 11.3 Å². The number of aliphatic hydroxyl groups is 1. The first-order chi connectivity index (χ1) is 9.70. The summed E-state index contributed by atoms with van der Waals surface area (Å²) >= 11 is 1.62. The number of aliphatic hydroxyl groups excluding tert-OH is 1. The van der Waals surface area contributed by atoms with Crippen LogP contribution in [0.3, 0.4) is 0 Å². The molecule has 20 heavy (non-hydrogen) atoms.